The van der Waals surface area contributed by atoms with Gasteiger partial charge in [-0.15, -0.1) is 15.3 Å². The van der Waals surface area contributed by atoms with Crippen molar-refractivity contribution in [2.24, 2.45) is 0 Å². The zero-order valence-corrected chi connectivity index (χ0v) is 17.7. The topological polar surface area (TPSA) is 173 Å². The first-order chi connectivity index (χ1) is 14.3. The monoisotopic (exact) mass is 470 g/mol. The number of rotatable bonds is 9. The minimum Gasteiger partial charge on any atom is -0.477 e. The van der Waals surface area contributed by atoms with Crippen LogP contribution in [0.2, 0.25) is 0 Å². The van der Waals surface area contributed by atoms with Gasteiger partial charge in [0, 0.05) is 11.3 Å². The van der Waals surface area contributed by atoms with Crippen molar-refractivity contribution >= 4 is 59.8 Å². The lowest BCUT2D eigenvalue weighted by atomic mass is 10.0. The maximum Gasteiger partial charge on any atom is 0.353 e. The Morgan fingerprint density at radius 2 is 2.20 bits per heavy atom. The van der Waals surface area contributed by atoms with Gasteiger partial charge in [0.05, 0.1) is 0 Å². The first-order valence-corrected chi connectivity index (χ1v) is 10.5. The van der Waals surface area contributed by atoms with Crippen molar-refractivity contribution in [1.29, 1.82) is 0 Å². The molecule has 1 fully saturated rings. The number of carbonyl (C=O) groups excluding carboxylic acids is 3. The van der Waals surface area contributed by atoms with Crippen LogP contribution in [0.5, 0.6) is 0 Å². The second kappa shape index (κ2) is 9.31. The maximum atomic E-state index is 12.5. The molecular weight excluding hydrogens is 456 g/mol. The lowest BCUT2D eigenvalue weighted by Crippen LogP contribution is -2.69. The summed E-state index contributed by atoms with van der Waals surface area (Å²) in [5.74, 6) is -2.75. The third-order valence-electron chi connectivity index (χ3n) is 3.83. The average Bonchev–Trinajstić information content (AvgIpc) is 3.36. The molecule has 0 aromatic carbocycles. The second-order valence-electron chi connectivity index (χ2n) is 5.85. The highest BCUT2D eigenvalue weighted by Gasteiger charge is 2.50. The fourth-order valence-electron chi connectivity index (χ4n) is 2.50. The average molecular weight is 471 g/mol. The van der Waals surface area contributed by atoms with Gasteiger partial charge >= 0.3 is 5.97 Å². The van der Waals surface area contributed by atoms with E-state index in [9.17, 15) is 24.3 Å². The van der Waals surface area contributed by atoms with Crippen LogP contribution in [-0.2, 0) is 25.7 Å². The van der Waals surface area contributed by atoms with E-state index in [0.29, 0.717) is 10.6 Å². The van der Waals surface area contributed by atoms with E-state index in [1.165, 1.54) is 17.7 Å². The van der Waals surface area contributed by atoms with Crippen molar-refractivity contribution in [2.45, 2.75) is 29.2 Å². The molecule has 0 bridgehead atoms. The Hall–Kier alpha value is -2.85. The van der Waals surface area contributed by atoms with E-state index in [1.54, 1.807) is 6.92 Å². The quantitative estimate of drug-likeness (QED) is 0.131. The summed E-state index contributed by atoms with van der Waals surface area (Å²) in [5.41, 5.74) is -0.610. The van der Waals surface area contributed by atoms with E-state index in [2.05, 4.69) is 43.7 Å². The molecule has 3 heterocycles. The van der Waals surface area contributed by atoms with Gasteiger partial charge in [0.1, 0.15) is 41.3 Å². The Kier molecular flexibility index (Phi) is 6.78. The van der Waals surface area contributed by atoms with Gasteiger partial charge in [-0.2, -0.15) is 12.6 Å². The molecule has 0 saturated carbocycles. The maximum absolute atomic E-state index is 12.5. The van der Waals surface area contributed by atoms with E-state index in [0.717, 1.165) is 26.4 Å². The van der Waals surface area contributed by atoms with Crippen LogP contribution >= 0.6 is 35.7 Å². The highest BCUT2D eigenvalue weighted by molar-refractivity contribution is 8.01. The molecule has 1 aliphatic rings. The van der Waals surface area contributed by atoms with Crippen molar-refractivity contribution in [1.82, 2.24) is 40.6 Å². The predicted octanol–water partition coefficient (Wildman–Crippen LogP) is -1.25. The molecule has 0 radical (unpaired) electrons. The van der Waals surface area contributed by atoms with Gasteiger partial charge in [-0.1, -0.05) is 23.1 Å². The molecule has 2 aromatic heterocycles. The summed E-state index contributed by atoms with van der Waals surface area (Å²) in [6.07, 6.45) is 1.60. The number of hydrogen-bond donors (Lipinski definition) is 3. The summed E-state index contributed by atoms with van der Waals surface area (Å²) in [4.78, 5) is 48.8. The fraction of sp³-hybridized carbons (Fsp3) is 0.357. The molecule has 0 spiro atoms. The van der Waals surface area contributed by atoms with Gasteiger partial charge in [0.15, 0.2) is 4.34 Å². The lowest BCUT2D eigenvalue weighted by Gasteiger charge is -2.44. The lowest BCUT2D eigenvalue weighted by molar-refractivity contribution is -0.150. The summed E-state index contributed by atoms with van der Waals surface area (Å²) in [6, 6.07) is -1.06. The summed E-state index contributed by atoms with van der Waals surface area (Å²) in [5, 5.41) is 29.9. The molecule has 2 aromatic rings. The summed E-state index contributed by atoms with van der Waals surface area (Å²) < 4.78 is 1.71. The Bertz CT molecular complexity index is 1010. The Labute approximate surface area is 182 Å². The molecule has 2 atom stereocenters. The first-order valence-electron chi connectivity index (χ1n) is 8.17. The van der Waals surface area contributed by atoms with Gasteiger partial charge < -0.3 is 10.4 Å². The molecule has 158 valence electrons. The number of thiol groups is 1. The van der Waals surface area contributed by atoms with E-state index in [4.69, 9.17) is 0 Å². The Balaban J connectivity index is 1.71. The molecule has 0 aliphatic carbocycles. The summed E-state index contributed by atoms with van der Waals surface area (Å²) in [6.45, 7) is 1.54. The van der Waals surface area contributed by atoms with Crippen LogP contribution in [0.1, 0.15) is 5.01 Å². The fourth-order valence-corrected chi connectivity index (χ4v) is 4.71. The molecule has 13 nitrogen and oxygen atoms in total. The van der Waals surface area contributed by atoms with Crippen molar-refractivity contribution < 1.29 is 24.3 Å². The number of carboxylic acids is 1. The van der Waals surface area contributed by atoms with Crippen LogP contribution in [-0.4, -0.2) is 81.6 Å². The number of tetrazole rings is 1. The molecule has 30 heavy (non-hydrogen) atoms. The number of nitrogens with zero attached hydrogens (tertiary/aromatic N) is 7. The van der Waals surface area contributed by atoms with Crippen LogP contribution in [0, 0.1) is 6.92 Å². The smallest absolute Gasteiger partial charge is 0.353 e. The molecule has 16 heteroatoms. The first kappa shape index (κ1) is 21.8. The highest BCUT2D eigenvalue weighted by atomic mass is 32.2. The number of aromatic nitrogens is 6. The number of thioether (sulfide) groups is 1. The van der Waals surface area contributed by atoms with E-state index < -0.39 is 34.9 Å². The SMILES string of the molecule is Cc1nnc(SCC(C=O)=C(C(=O)O)N2C(=O)[C@@H](NC(=O)Cn3cnnn3)[C@H]2S)s1. The Morgan fingerprint density at radius 1 is 1.43 bits per heavy atom. The third kappa shape index (κ3) is 4.65. The van der Waals surface area contributed by atoms with E-state index in [-0.39, 0.29) is 17.9 Å². The number of aliphatic carboxylic acids is 1. The number of carbonyl (C=O) groups is 4. The van der Waals surface area contributed by atoms with Crippen LogP contribution in [0.4, 0.5) is 0 Å². The van der Waals surface area contributed by atoms with Crippen molar-refractivity contribution in [3.63, 3.8) is 0 Å². The van der Waals surface area contributed by atoms with E-state index in [1.807, 2.05) is 0 Å². The summed E-state index contributed by atoms with van der Waals surface area (Å²) >= 11 is 6.65. The number of aldehydes is 1. The van der Waals surface area contributed by atoms with Crippen LogP contribution in [0.15, 0.2) is 21.9 Å². The standard InChI is InChI=1S/C14H14N8O5S3/c1-6-17-18-14(30-6)29-4-7(3-23)10(13(26)27)22-11(25)9(12(22)28)16-8(24)2-21-5-15-19-20-21/h3,5,9,12,28H,2,4H2,1H3,(H,16,24)(H,26,27)/t9-,12-/m1/s1. The predicted molar refractivity (Wildman–Crippen MR) is 105 cm³/mol. The zero-order chi connectivity index (χ0) is 21.8. The normalized spacial score (nSPS) is 19.1. The van der Waals surface area contributed by atoms with Crippen LogP contribution in [0.3, 0.4) is 0 Å². The molecule has 2 N–H and O–H groups in total. The Morgan fingerprint density at radius 3 is 2.73 bits per heavy atom. The number of hydrogen-bond acceptors (Lipinski definition) is 12. The molecule has 1 aliphatic heterocycles. The van der Waals surface area contributed by atoms with Crippen LogP contribution in [0.25, 0.3) is 0 Å². The van der Waals surface area contributed by atoms with Gasteiger partial charge in [0.2, 0.25) is 5.91 Å². The number of amides is 2. The van der Waals surface area contributed by atoms with E-state index >= 15 is 0 Å². The second-order valence-corrected chi connectivity index (χ2v) is 8.78. The van der Waals surface area contributed by atoms with Gasteiger partial charge in [0.25, 0.3) is 5.91 Å². The number of β-lactam (4-membered cyclic amide) rings is 1. The molecular formula is C14H14N8O5S3. The van der Waals surface area contributed by atoms with Crippen LogP contribution < -0.4 is 5.32 Å². The molecule has 3 rings (SSSR count). The van der Waals surface area contributed by atoms with Crippen molar-refractivity contribution in [3.05, 3.63) is 22.6 Å². The van der Waals surface area contributed by atoms with Gasteiger partial charge in [-0.25, -0.2) is 9.48 Å². The zero-order valence-electron chi connectivity index (χ0n) is 15.2. The number of aryl methyl sites for hydroxylation is 1. The third-order valence-corrected chi connectivity index (χ3v) is 6.38. The minimum atomic E-state index is -1.46. The molecule has 1 saturated heterocycles. The van der Waals surface area contributed by atoms with Crippen molar-refractivity contribution in [2.75, 3.05) is 5.75 Å². The largest absolute Gasteiger partial charge is 0.477 e. The molecule has 2 amide bonds. The number of carboxylic acid groups (broad SMARTS) is 1. The van der Waals surface area contributed by atoms with Gasteiger partial charge in [-0.05, 0) is 17.4 Å². The highest BCUT2D eigenvalue weighted by Crippen LogP contribution is 2.32. The number of likely N-dealkylation sites (tertiary alicyclic amines) is 1. The molecule has 0 unspecified atom stereocenters. The minimum absolute atomic E-state index is 0.0274. The summed E-state index contributed by atoms with van der Waals surface area (Å²) in [7, 11) is 0. The number of nitrogens with one attached hydrogen (secondary N) is 1. The van der Waals surface area contributed by atoms with Crippen molar-refractivity contribution in [3.8, 4) is 0 Å². The van der Waals surface area contributed by atoms with Gasteiger partial charge in [-0.3, -0.25) is 19.3 Å².